The molecule has 2 aromatic heterocycles. The minimum absolute atomic E-state index is 0.113. The third-order valence-corrected chi connectivity index (χ3v) is 5.60. The number of aromatic nitrogens is 2. The van der Waals surface area contributed by atoms with Crippen LogP contribution < -0.4 is 15.0 Å². The summed E-state index contributed by atoms with van der Waals surface area (Å²) in [6, 6.07) is 13.7. The van der Waals surface area contributed by atoms with Gasteiger partial charge in [0.25, 0.3) is 5.56 Å². The highest BCUT2D eigenvalue weighted by atomic mass is 32.1. The van der Waals surface area contributed by atoms with Crippen molar-refractivity contribution in [3.63, 3.8) is 0 Å². The lowest BCUT2D eigenvalue weighted by molar-refractivity contribution is 0.412. The summed E-state index contributed by atoms with van der Waals surface area (Å²) >= 11 is 1.49. The third-order valence-electron chi connectivity index (χ3n) is 4.73. The van der Waals surface area contributed by atoms with E-state index >= 15 is 0 Å². The lowest BCUT2D eigenvalue weighted by Crippen LogP contribution is -2.11. The maximum absolute atomic E-state index is 12.8. The van der Waals surface area contributed by atoms with Crippen LogP contribution in [0.2, 0.25) is 0 Å². The van der Waals surface area contributed by atoms with E-state index in [1.165, 1.54) is 11.3 Å². The second-order valence-corrected chi connectivity index (χ2v) is 7.41. The van der Waals surface area contributed by atoms with Gasteiger partial charge in [0.2, 0.25) is 0 Å². The van der Waals surface area contributed by atoms with E-state index in [-0.39, 0.29) is 5.56 Å². The molecule has 1 N–H and O–H groups in total. The molecule has 0 bridgehead atoms. The molecule has 2 aromatic carbocycles. The predicted octanol–water partition coefficient (Wildman–Crippen LogP) is 4.57. The fourth-order valence-corrected chi connectivity index (χ4v) is 4.24. The fraction of sp³-hybridized carbons (Fsp3) is 0.182. The average molecular weight is 392 g/mol. The Morgan fingerprint density at radius 2 is 1.86 bits per heavy atom. The molecule has 0 aliphatic rings. The van der Waals surface area contributed by atoms with Crippen molar-refractivity contribution >= 4 is 21.6 Å². The second-order valence-electron chi connectivity index (χ2n) is 6.55. The van der Waals surface area contributed by atoms with Crippen molar-refractivity contribution in [1.29, 1.82) is 0 Å². The monoisotopic (exact) mass is 392 g/mol. The topological polar surface area (TPSA) is 64.2 Å². The van der Waals surface area contributed by atoms with Gasteiger partial charge in [0.1, 0.15) is 22.2 Å². The number of nitrogens with zero attached hydrogens (tertiary/aromatic N) is 1. The molecule has 0 saturated heterocycles. The number of fused-ring (bicyclic) bond motifs is 1. The Morgan fingerprint density at radius 3 is 2.54 bits per heavy atom. The molecule has 4 aromatic rings. The molecule has 28 heavy (non-hydrogen) atoms. The Labute approximate surface area is 166 Å². The molecule has 0 fully saturated rings. The van der Waals surface area contributed by atoms with E-state index in [4.69, 9.17) is 9.47 Å². The first-order valence-corrected chi connectivity index (χ1v) is 9.75. The number of aryl methyl sites for hydroxylation is 1. The van der Waals surface area contributed by atoms with Crippen LogP contribution in [-0.2, 0) is 6.42 Å². The molecule has 5 nitrogen and oxygen atoms in total. The number of benzene rings is 2. The highest BCUT2D eigenvalue weighted by Crippen LogP contribution is 2.33. The zero-order chi connectivity index (χ0) is 19.7. The van der Waals surface area contributed by atoms with Crippen molar-refractivity contribution in [1.82, 2.24) is 9.97 Å². The molecule has 4 rings (SSSR count). The highest BCUT2D eigenvalue weighted by Gasteiger charge is 2.14. The molecule has 6 heteroatoms. The number of nitrogens with one attached hydrogen (secondary N) is 1. The number of hydrogen-bond donors (Lipinski definition) is 1. The van der Waals surface area contributed by atoms with Gasteiger partial charge >= 0.3 is 0 Å². The number of H-pyrrole nitrogens is 1. The normalized spacial score (nSPS) is 11.0. The van der Waals surface area contributed by atoms with Gasteiger partial charge in [0, 0.05) is 17.4 Å². The van der Waals surface area contributed by atoms with Gasteiger partial charge in [0.05, 0.1) is 19.6 Å². The van der Waals surface area contributed by atoms with Crippen LogP contribution in [0, 0.1) is 6.92 Å². The summed E-state index contributed by atoms with van der Waals surface area (Å²) in [7, 11) is 3.29. The minimum atomic E-state index is -0.113. The van der Waals surface area contributed by atoms with Gasteiger partial charge in [-0.3, -0.25) is 4.79 Å². The molecular formula is C22H20N2O3S. The first-order valence-electron chi connectivity index (χ1n) is 8.87. The van der Waals surface area contributed by atoms with Crippen LogP contribution in [0.25, 0.3) is 21.3 Å². The Bertz CT molecular complexity index is 1190. The van der Waals surface area contributed by atoms with E-state index in [1.807, 2.05) is 54.8 Å². The largest absolute Gasteiger partial charge is 0.497 e. The van der Waals surface area contributed by atoms with Crippen LogP contribution in [0.3, 0.4) is 0 Å². The summed E-state index contributed by atoms with van der Waals surface area (Å²) in [6.07, 6.45) is 0.560. The summed E-state index contributed by atoms with van der Waals surface area (Å²) in [5, 5.41) is 2.62. The van der Waals surface area contributed by atoms with E-state index in [9.17, 15) is 4.79 Å². The van der Waals surface area contributed by atoms with Crippen molar-refractivity contribution in [3.05, 3.63) is 75.1 Å². The summed E-state index contributed by atoms with van der Waals surface area (Å²) in [5.74, 6) is 2.29. The molecule has 2 heterocycles. The quantitative estimate of drug-likeness (QED) is 0.540. The third kappa shape index (κ3) is 3.39. The summed E-state index contributed by atoms with van der Waals surface area (Å²) in [4.78, 5) is 21.2. The SMILES string of the molecule is COc1ccc(Cc2nc3scc(-c4ccc(OC)c(C)c4)c3c(=O)[nH]2)cc1. The maximum atomic E-state index is 12.8. The number of hydrogen-bond acceptors (Lipinski definition) is 5. The van der Waals surface area contributed by atoms with Crippen LogP contribution in [0.15, 0.2) is 52.6 Å². The van der Waals surface area contributed by atoms with Crippen LogP contribution >= 0.6 is 11.3 Å². The standard InChI is InChI=1S/C22H20N2O3S/c1-13-10-15(6-9-18(13)27-3)17-12-28-22-20(17)21(25)23-19(24-22)11-14-4-7-16(26-2)8-5-14/h4-10,12H,11H2,1-3H3,(H,23,24,25). The molecule has 0 amide bonds. The molecule has 0 aliphatic carbocycles. The van der Waals surface area contributed by atoms with Gasteiger partial charge in [-0.15, -0.1) is 11.3 Å². The Balaban J connectivity index is 1.71. The Kier molecular flexibility index (Phi) is 4.88. The molecule has 0 spiro atoms. The van der Waals surface area contributed by atoms with Gasteiger partial charge in [0.15, 0.2) is 0 Å². The van der Waals surface area contributed by atoms with Gasteiger partial charge in [-0.2, -0.15) is 0 Å². The fourth-order valence-electron chi connectivity index (χ4n) is 3.27. The first kappa shape index (κ1) is 18.3. The van der Waals surface area contributed by atoms with E-state index in [0.717, 1.165) is 38.6 Å². The summed E-state index contributed by atoms with van der Waals surface area (Å²) < 4.78 is 10.5. The number of aromatic amines is 1. The number of thiophene rings is 1. The molecule has 0 saturated carbocycles. The average Bonchev–Trinajstić information content (AvgIpc) is 3.13. The molecular weight excluding hydrogens is 372 g/mol. The van der Waals surface area contributed by atoms with Crippen LogP contribution in [0.1, 0.15) is 17.0 Å². The molecule has 0 unspecified atom stereocenters. The smallest absolute Gasteiger partial charge is 0.260 e. The van der Waals surface area contributed by atoms with E-state index < -0.39 is 0 Å². The molecule has 0 radical (unpaired) electrons. The highest BCUT2D eigenvalue weighted by molar-refractivity contribution is 7.17. The lowest BCUT2D eigenvalue weighted by atomic mass is 10.0. The van der Waals surface area contributed by atoms with E-state index in [0.29, 0.717) is 17.6 Å². The van der Waals surface area contributed by atoms with Gasteiger partial charge in [-0.05, 0) is 47.9 Å². The number of methoxy groups -OCH3 is 2. The maximum Gasteiger partial charge on any atom is 0.260 e. The molecule has 0 aliphatic heterocycles. The van der Waals surface area contributed by atoms with Crippen molar-refractivity contribution in [2.45, 2.75) is 13.3 Å². The molecule has 142 valence electrons. The predicted molar refractivity (Wildman–Crippen MR) is 113 cm³/mol. The van der Waals surface area contributed by atoms with Crippen LogP contribution in [-0.4, -0.2) is 24.2 Å². The number of ether oxygens (including phenoxy) is 2. The van der Waals surface area contributed by atoms with Gasteiger partial charge in [-0.25, -0.2) is 4.98 Å². The number of rotatable bonds is 5. The van der Waals surface area contributed by atoms with Crippen LogP contribution in [0.5, 0.6) is 11.5 Å². The first-order chi connectivity index (χ1) is 13.6. The second kappa shape index (κ2) is 7.48. The summed E-state index contributed by atoms with van der Waals surface area (Å²) in [6.45, 7) is 1.99. The van der Waals surface area contributed by atoms with Gasteiger partial charge in [-0.1, -0.05) is 18.2 Å². The van der Waals surface area contributed by atoms with Crippen molar-refractivity contribution < 1.29 is 9.47 Å². The van der Waals surface area contributed by atoms with Crippen molar-refractivity contribution in [2.24, 2.45) is 0 Å². The zero-order valence-electron chi connectivity index (χ0n) is 15.9. The van der Waals surface area contributed by atoms with Crippen LogP contribution in [0.4, 0.5) is 0 Å². The lowest BCUT2D eigenvalue weighted by Gasteiger charge is -2.07. The van der Waals surface area contributed by atoms with E-state index in [1.54, 1.807) is 14.2 Å². The van der Waals surface area contributed by atoms with E-state index in [2.05, 4.69) is 9.97 Å². The minimum Gasteiger partial charge on any atom is -0.497 e. The van der Waals surface area contributed by atoms with Gasteiger partial charge < -0.3 is 14.5 Å². The zero-order valence-corrected chi connectivity index (χ0v) is 16.7. The van der Waals surface area contributed by atoms with Crippen molar-refractivity contribution in [2.75, 3.05) is 14.2 Å². The molecule has 0 atom stereocenters. The Hall–Kier alpha value is -3.12. The summed E-state index contributed by atoms with van der Waals surface area (Å²) in [5.41, 5.74) is 3.86. The van der Waals surface area contributed by atoms with Crippen molar-refractivity contribution in [3.8, 4) is 22.6 Å². The Morgan fingerprint density at radius 1 is 1.07 bits per heavy atom.